The van der Waals surface area contributed by atoms with Crippen molar-refractivity contribution in [1.29, 1.82) is 0 Å². The molecule has 0 saturated heterocycles. The summed E-state index contributed by atoms with van der Waals surface area (Å²) in [6.45, 7) is 0.310. The SMILES string of the molecule is O=C(Nc1ccc(OCc2ccccc2)c(Cl)c1)C(=O)Nc1ccccc1NC(=O)C(c1ccccc1)S(=O)O. The fourth-order valence-corrected chi connectivity index (χ4v) is 4.55. The van der Waals surface area contributed by atoms with Crippen LogP contribution in [0.4, 0.5) is 17.1 Å². The minimum absolute atomic E-state index is 0.120. The first-order chi connectivity index (χ1) is 19.3. The van der Waals surface area contributed by atoms with Gasteiger partial charge in [-0.25, -0.2) is 4.21 Å². The van der Waals surface area contributed by atoms with Crippen LogP contribution >= 0.6 is 11.6 Å². The maximum atomic E-state index is 12.9. The summed E-state index contributed by atoms with van der Waals surface area (Å²) in [5.41, 5.74) is 1.84. The van der Waals surface area contributed by atoms with E-state index in [0.717, 1.165) is 5.56 Å². The zero-order valence-corrected chi connectivity index (χ0v) is 22.4. The van der Waals surface area contributed by atoms with Crippen LogP contribution < -0.4 is 20.7 Å². The number of ether oxygens (including phenoxy) is 1. The molecule has 0 aliphatic heterocycles. The summed E-state index contributed by atoms with van der Waals surface area (Å²) in [5.74, 6) is -2.33. The van der Waals surface area contributed by atoms with Crippen LogP contribution in [0.2, 0.25) is 5.02 Å². The average Bonchev–Trinajstić information content (AvgIpc) is 2.94. The van der Waals surface area contributed by atoms with Crippen molar-refractivity contribution in [2.24, 2.45) is 0 Å². The van der Waals surface area contributed by atoms with Gasteiger partial charge in [-0.05, 0) is 41.5 Å². The van der Waals surface area contributed by atoms with Gasteiger partial charge in [-0.2, -0.15) is 0 Å². The highest BCUT2D eigenvalue weighted by atomic mass is 35.5. The van der Waals surface area contributed by atoms with Gasteiger partial charge >= 0.3 is 11.8 Å². The molecule has 0 spiro atoms. The Labute approximate surface area is 237 Å². The van der Waals surface area contributed by atoms with Gasteiger partial charge in [0, 0.05) is 5.69 Å². The molecule has 2 atom stereocenters. The molecule has 0 aromatic heterocycles. The Bertz CT molecular complexity index is 1540. The van der Waals surface area contributed by atoms with Crippen LogP contribution in [-0.4, -0.2) is 26.5 Å². The van der Waals surface area contributed by atoms with Crippen LogP contribution in [0.15, 0.2) is 103 Å². The van der Waals surface area contributed by atoms with E-state index >= 15 is 0 Å². The second kappa shape index (κ2) is 13.5. The Balaban J connectivity index is 1.39. The summed E-state index contributed by atoms with van der Waals surface area (Å²) in [5, 5.41) is 6.35. The van der Waals surface area contributed by atoms with Gasteiger partial charge in [-0.15, -0.1) is 0 Å². The van der Waals surface area contributed by atoms with Gasteiger partial charge in [-0.3, -0.25) is 14.4 Å². The number of anilines is 3. The van der Waals surface area contributed by atoms with Crippen molar-refractivity contribution < 1.29 is 27.9 Å². The number of halogens is 1. The summed E-state index contributed by atoms with van der Waals surface area (Å²) >= 11 is 3.79. The van der Waals surface area contributed by atoms with Gasteiger partial charge in [0.1, 0.15) is 12.4 Å². The molecule has 4 rings (SSSR count). The Kier molecular flexibility index (Phi) is 9.63. The molecule has 0 fully saturated rings. The number of para-hydroxylation sites is 2. The lowest BCUT2D eigenvalue weighted by atomic mass is 10.1. The zero-order chi connectivity index (χ0) is 28.5. The van der Waals surface area contributed by atoms with Crippen molar-refractivity contribution in [3.8, 4) is 5.75 Å². The molecule has 11 heteroatoms. The fraction of sp³-hybridized carbons (Fsp3) is 0.0690. The summed E-state index contributed by atoms with van der Waals surface area (Å²) in [4.78, 5) is 38.1. The summed E-state index contributed by atoms with van der Waals surface area (Å²) in [6, 6.07) is 28.4. The quantitative estimate of drug-likeness (QED) is 0.155. The third-order valence-electron chi connectivity index (χ3n) is 5.61. The maximum absolute atomic E-state index is 12.9. The van der Waals surface area contributed by atoms with Gasteiger partial charge in [0.2, 0.25) is 5.91 Å². The summed E-state index contributed by atoms with van der Waals surface area (Å²) < 4.78 is 27.4. The van der Waals surface area contributed by atoms with E-state index in [0.29, 0.717) is 17.9 Å². The Morgan fingerprint density at radius 1 is 0.775 bits per heavy atom. The number of rotatable bonds is 9. The van der Waals surface area contributed by atoms with Crippen LogP contribution in [-0.2, 0) is 32.1 Å². The maximum Gasteiger partial charge on any atom is 0.314 e. The van der Waals surface area contributed by atoms with E-state index in [1.807, 2.05) is 30.3 Å². The van der Waals surface area contributed by atoms with Gasteiger partial charge in [-0.1, -0.05) is 84.4 Å². The van der Waals surface area contributed by atoms with E-state index in [-0.39, 0.29) is 22.1 Å². The third kappa shape index (κ3) is 7.54. The van der Waals surface area contributed by atoms with Crippen LogP contribution in [0, 0.1) is 0 Å². The molecule has 4 aromatic rings. The zero-order valence-electron chi connectivity index (χ0n) is 20.9. The largest absolute Gasteiger partial charge is 0.487 e. The first-order valence-electron chi connectivity index (χ1n) is 11.9. The third-order valence-corrected chi connectivity index (χ3v) is 6.79. The van der Waals surface area contributed by atoms with Crippen LogP contribution in [0.1, 0.15) is 16.4 Å². The fourth-order valence-electron chi connectivity index (χ4n) is 3.68. The molecule has 9 nitrogen and oxygen atoms in total. The van der Waals surface area contributed by atoms with Gasteiger partial charge in [0.25, 0.3) is 0 Å². The van der Waals surface area contributed by atoms with Crippen molar-refractivity contribution in [2.45, 2.75) is 11.9 Å². The van der Waals surface area contributed by atoms with Crippen molar-refractivity contribution in [3.63, 3.8) is 0 Å². The van der Waals surface area contributed by atoms with Crippen LogP contribution in [0.5, 0.6) is 5.75 Å². The van der Waals surface area contributed by atoms with Gasteiger partial charge in [0.15, 0.2) is 16.3 Å². The second-order valence-corrected chi connectivity index (χ2v) is 9.86. The average molecular weight is 578 g/mol. The van der Waals surface area contributed by atoms with Gasteiger partial charge < -0.3 is 25.2 Å². The molecule has 0 aliphatic carbocycles. The number of nitrogens with one attached hydrogen (secondary N) is 3. The Hall–Kier alpha value is -4.51. The van der Waals surface area contributed by atoms with Crippen molar-refractivity contribution in [3.05, 3.63) is 119 Å². The number of carbonyl (C=O) groups excluding carboxylic acids is 3. The van der Waals surface area contributed by atoms with Crippen LogP contribution in [0.25, 0.3) is 0 Å². The summed E-state index contributed by atoms with van der Waals surface area (Å²) in [7, 11) is 0. The van der Waals surface area contributed by atoms with Crippen molar-refractivity contribution in [1.82, 2.24) is 0 Å². The molecule has 0 bridgehead atoms. The smallest absolute Gasteiger partial charge is 0.314 e. The molecule has 0 aliphatic rings. The second-order valence-electron chi connectivity index (χ2n) is 8.43. The molecule has 2 unspecified atom stereocenters. The minimum atomic E-state index is -2.50. The van der Waals surface area contributed by atoms with E-state index < -0.39 is 34.1 Å². The Morgan fingerprint density at radius 3 is 1.98 bits per heavy atom. The lowest BCUT2D eigenvalue weighted by Crippen LogP contribution is -2.30. The number of amides is 3. The van der Waals surface area contributed by atoms with E-state index in [1.165, 1.54) is 18.2 Å². The molecule has 0 saturated carbocycles. The standard InChI is InChI=1S/C29H24ClN3O6S/c30-22-17-21(15-16-25(22)39-18-19-9-3-1-4-10-19)31-28(35)29(36)33-24-14-8-7-13-23(24)32-27(34)26(40(37)38)20-11-5-2-6-12-20/h1-17,26H,18H2,(H,31,35)(H,32,34)(H,33,36)(H,37,38). The predicted molar refractivity (Wildman–Crippen MR) is 155 cm³/mol. The number of benzene rings is 4. The highest BCUT2D eigenvalue weighted by Gasteiger charge is 2.27. The molecular weight excluding hydrogens is 554 g/mol. The first-order valence-corrected chi connectivity index (χ1v) is 13.5. The van der Waals surface area contributed by atoms with Crippen molar-refractivity contribution >= 4 is 57.5 Å². The predicted octanol–water partition coefficient (Wildman–Crippen LogP) is 5.40. The van der Waals surface area contributed by atoms with E-state index in [2.05, 4.69) is 16.0 Å². The lowest BCUT2D eigenvalue weighted by Gasteiger charge is -2.16. The number of hydrogen-bond acceptors (Lipinski definition) is 5. The molecule has 0 radical (unpaired) electrons. The Morgan fingerprint density at radius 2 is 1.35 bits per heavy atom. The molecule has 204 valence electrons. The van der Waals surface area contributed by atoms with Gasteiger partial charge in [0.05, 0.1) is 16.4 Å². The molecule has 40 heavy (non-hydrogen) atoms. The number of carbonyl (C=O) groups is 3. The minimum Gasteiger partial charge on any atom is -0.487 e. The number of hydrogen-bond donors (Lipinski definition) is 4. The molecule has 4 aromatic carbocycles. The molecule has 0 heterocycles. The highest BCUT2D eigenvalue weighted by molar-refractivity contribution is 7.80. The molecular formula is C29H24ClN3O6S. The van der Waals surface area contributed by atoms with E-state index in [4.69, 9.17) is 16.3 Å². The highest BCUT2D eigenvalue weighted by Crippen LogP contribution is 2.29. The van der Waals surface area contributed by atoms with Crippen molar-refractivity contribution in [2.75, 3.05) is 16.0 Å². The topological polar surface area (TPSA) is 134 Å². The monoisotopic (exact) mass is 577 g/mol. The molecule has 4 N–H and O–H groups in total. The van der Waals surface area contributed by atoms with E-state index in [1.54, 1.807) is 54.6 Å². The first kappa shape index (κ1) is 28.5. The van der Waals surface area contributed by atoms with Crippen LogP contribution in [0.3, 0.4) is 0 Å². The summed E-state index contributed by atoms with van der Waals surface area (Å²) in [6.07, 6.45) is 0. The normalized spacial score (nSPS) is 12.1. The lowest BCUT2D eigenvalue weighted by molar-refractivity contribution is -0.132. The van der Waals surface area contributed by atoms with E-state index in [9.17, 15) is 23.1 Å². The molecule has 3 amide bonds.